The molecule has 7 rings (SSSR count). The summed E-state index contributed by atoms with van der Waals surface area (Å²) in [5.41, 5.74) is 6.77. The fraction of sp³-hybridized carbons (Fsp3) is 0.154. The molecule has 1 heterocycles. The molecule has 2 N–H and O–H groups in total. The number of carbonyl (C=O) groups excluding carboxylic acids is 1. The molecule has 0 atom stereocenters. The highest BCUT2D eigenvalue weighted by molar-refractivity contribution is 7.70. The quantitative estimate of drug-likeness (QED) is 0.157. The van der Waals surface area contributed by atoms with Crippen molar-refractivity contribution in [2.24, 2.45) is 0 Å². The van der Waals surface area contributed by atoms with E-state index < -0.39 is 18.7 Å². The fourth-order valence-corrected chi connectivity index (χ4v) is 7.04. The van der Waals surface area contributed by atoms with Crippen LogP contribution in [0.4, 0.5) is 0 Å². The zero-order valence-electron chi connectivity index (χ0n) is 26.2. The van der Waals surface area contributed by atoms with Gasteiger partial charge in [0.25, 0.3) is 5.91 Å². The Kier molecular flexibility index (Phi) is 7.65. The van der Waals surface area contributed by atoms with Gasteiger partial charge in [-0.2, -0.15) is 5.10 Å². The van der Waals surface area contributed by atoms with Crippen LogP contribution in [0, 0.1) is 0 Å². The number of amides is 1. The summed E-state index contributed by atoms with van der Waals surface area (Å²) in [5.74, 6) is -1.22. The molecule has 5 aromatic carbocycles. The maximum Gasteiger partial charge on any atom is 0.335 e. The van der Waals surface area contributed by atoms with Crippen molar-refractivity contribution in [2.45, 2.75) is 24.9 Å². The Morgan fingerprint density at radius 3 is 2.15 bits per heavy atom. The van der Waals surface area contributed by atoms with E-state index in [1.807, 2.05) is 59.3 Å². The molecule has 47 heavy (non-hydrogen) atoms. The Bertz CT molecular complexity index is 2180. The van der Waals surface area contributed by atoms with Crippen molar-refractivity contribution in [1.29, 1.82) is 0 Å². The number of aromatic carboxylic acids is 1. The van der Waals surface area contributed by atoms with E-state index in [4.69, 9.17) is 5.10 Å². The van der Waals surface area contributed by atoms with Crippen molar-refractivity contribution in [2.75, 3.05) is 13.3 Å². The van der Waals surface area contributed by atoms with Gasteiger partial charge in [0.05, 0.1) is 34.9 Å². The third-order valence-corrected chi connectivity index (χ3v) is 10.5. The minimum absolute atomic E-state index is 0.205. The molecule has 1 saturated carbocycles. The molecule has 0 saturated heterocycles. The normalized spacial score (nSPS) is 13.7. The minimum Gasteiger partial charge on any atom is -0.478 e. The summed E-state index contributed by atoms with van der Waals surface area (Å²) in [6, 6.07) is 36.9. The van der Waals surface area contributed by atoms with Crippen molar-refractivity contribution in [3.63, 3.8) is 0 Å². The number of benzene rings is 5. The molecule has 1 amide bonds. The first-order valence-corrected chi connectivity index (χ1v) is 18.2. The zero-order chi connectivity index (χ0) is 32.8. The van der Waals surface area contributed by atoms with Gasteiger partial charge in [-0.15, -0.1) is 0 Å². The highest BCUT2D eigenvalue weighted by Gasteiger charge is 2.46. The van der Waals surface area contributed by atoms with Gasteiger partial charge in [0.15, 0.2) is 0 Å². The lowest BCUT2D eigenvalue weighted by atomic mass is 9.98. The number of rotatable bonds is 9. The molecule has 0 unspecified atom stereocenters. The molecule has 234 valence electrons. The summed E-state index contributed by atoms with van der Waals surface area (Å²) in [6.45, 7) is 3.98. The van der Waals surface area contributed by atoms with Gasteiger partial charge in [0.2, 0.25) is 0 Å². The number of nitrogens with zero attached hydrogens (tertiary/aromatic N) is 2. The predicted molar refractivity (Wildman–Crippen MR) is 187 cm³/mol. The molecule has 7 nitrogen and oxygen atoms in total. The van der Waals surface area contributed by atoms with Crippen molar-refractivity contribution in [3.8, 4) is 22.3 Å². The van der Waals surface area contributed by atoms with Gasteiger partial charge in [-0.1, -0.05) is 84.9 Å². The van der Waals surface area contributed by atoms with Crippen LogP contribution in [0.1, 0.15) is 44.7 Å². The largest absolute Gasteiger partial charge is 0.478 e. The van der Waals surface area contributed by atoms with E-state index in [0.717, 1.165) is 62.4 Å². The molecule has 1 aromatic heterocycles. The first-order chi connectivity index (χ1) is 22.6. The van der Waals surface area contributed by atoms with Gasteiger partial charge in [-0.25, -0.2) is 4.79 Å². The number of carboxylic acid groups (broad SMARTS) is 1. The van der Waals surface area contributed by atoms with E-state index in [-0.39, 0.29) is 11.5 Å². The monoisotopic (exact) mass is 639 g/mol. The Morgan fingerprint density at radius 2 is 1.49 bits per heavy atom. The molecule has 0 aliphatic heterocycles. The van der Waals surface area contributed by atoms with Crippen molar-refractivity contribution in [1.82, 2.24) is 15.1 Å². The lowest BCUT2D eigenvalue weighted by Crippen LogP contribution is -2.35. The molecular weight excluding hydrogens is 605 g/mol. The lowest BCUT2D eigenvalue weighted by Gasteiger charge is -2.20. The van der Waals surface area contributed by atoms with Gasteiger partial charge in [0.1, 0.15) is 7.14 Å². The van der Waals surface area contributed by atoms with Gasteiger partial charge in [-0.05, 0) is 89.9 Å². The molecule has 6 aromatic rings. The van der Waals surface area contributed by atoms with Crippen LogP contribution < -0.4 is 10.6 Å². The third-order valence-electron chi connectivity index (χ3n) is 8.96. The number of nitrogens with one attached hydrogen (secondary N) is 1. The fourth-order valence-electron chi connectivity index (χ4n) is 6.15. The van der Waals surface area contributed by atoms with E-state index in [9.17, 15) is 19.3 Å². The number of carbonyl (C=O) groups is 2. The van der Waals surface area contributed by atoms with E-state index >= 15 is 0 Å². The average molecular weight is 640 g/mol. The van der Waals surface area contributed by atoms with E-state index in [0.29, 0.717) is 12.1 Å². The van der Waals surface area contributed by atoms with Crippen LogP contribution in [-0.4, -0.2) is 40.1 Å². The molecule has 1 aliphatic carbocycles. The maximum absolute atomic E-state index is 14.3. The Morgan fingerprint density at radius 1 is 0.809 bits per heavy atom. The summed E-state index contributed by atoms with van der Waals surface area (Å²) in [6.07, 6.45) is 3.30. The Labute approximate surface area is 273 Å². The third kappa shape index (κ3) is 6.15. The zero-order valence-corrected chi connectivity index (χ0v) is 27.1. The van der Waals surface area contributed by atoms with Gasteiger partial charge < -0.3 is 15.0 Å². The van der Waals surface area contributed by atoms with Crippen LogP contribution in [0.25, 0.3) is 33.2 Å². The summed E-state index contributed by atoms with van der Waals surface area (Å²) in [4.78, 5) is 25.7. The number of aromatic nitrogens is 2. The van der Waals surface area contributed by atoms with Crippen LogP contribution in [0.2, 0.25) is 0 Å². The van der Waals surface area contributed by atoms with E-state index in [1.165, 1.54) is 0 Å². The number of fused-ring (bicyclic) bond motifs is 1. The number of hydrogen-bond donors (Lipinski definition) is 2. The molecule has 0 radical (unpaired) electrons. The smallest absolute Gasteiger partial charge is 0.335 e. The van der Waals surface area contributed by atoms with Crippen molar-refractivity contribution < 1.29 is 19.3 Å². The molecule has 8 heteroatoms. The van der Waals surface area contributed by atoms with E-state index in [2.05, 4.69) is 41.7 Å². The summed E-state index contributed by atoms with van der Waals surface area (Å²) in [5, 5.41) is 19.0. The first-order valence-electron chi connectivity index (χ1n) is 15.6. The predicted octanol–water partition coefficient (Wildman–Crippen LogP) is 7.78. The van der Waals surface area contributed by atoms with E-state index in [1.54, 1.807) is 43.8 Å². The first kappa shape index (κ1) is 30.4. The van der Waals surface area contributed by atoms with Gasteiger partial charge in [-0.3, -0.25) is 9.48 Å². The highest BCUT2D eigenvalue weighted by Crippen LogP contribution is 2.46. The van der Waals surface area contributed by atoms with Crippen LogP contribution in [0.5, 0.6) is 0 Å². The number of carboxylic acids is 1. The molecule has 1 fully saturated rings. The Balaban J connectivity index is 1.27. The maximum atomic E-state index is 14.3. The van der Waals surface area contributed by atoms with Crippen LogP contribution in [-0.2, 0) is 16.6 Å². The summed E-state index contributed by atoms with van der Waals surface area (Å²) < 4.78 is 14.8. The van der Waals surface area contributed by atoms with Gasteiger partial charge >= 0.3 is 5.97 Å². The SMILES string of the molecule is CP(C)(=O)c1cccc(-c2cc(C(=O)NC3(c4ccc(C(=O)O)cc4)CC3)c3c(cnn3Cc3ccc(-c4ccccc4)cc3)c2)c1. The second-order valence-corrected chi connectivity index (χ2v) is 15.9. The highest BCUT2D eigenvalue weighted by atomic mass is 31.2. The van der Waals surface area contributed by atoms with Crippen LogP contribution in [0.15, 0.2) is 121 Å². The second-order valence-electron chi connectivity index (χ2n) is 12.6. The topological polar surface area (TPSA) is 101 Å². The minimum atomic E-state index is -2.50. The van der Waals surface area contributed by atoms with Crippen LogP contribution >= 0.6 is 7.14 Å². The molecule has 0 bridgehead atoms. The second kappa shape index (κ2) is 11.8. The molecule has 1 aliphatic rings. The summed E-state index contributed by atoms with van der Waals surface area (Å²) >= 11 is 0. The molecular formula is C39H34N3O4P. The van der Waals surface area contributed by atoms with Crippen molar-refractivity contribution >= 4 is 35.2 Å². The summed E-state index contributed by atoms with van der Waals surface area (Å²) in [7, 11) is -2.50. The standard InChI is InChI=1S/C39H34N3O4P/c1-47(2,46)34-10-6-9-30(22-34)31-21-32-24-40-42(25-26-11-13-28(14-12-26)27-7-4-3-5-8-27)36(32)35(23-31)37(43)41-39(19-20-39)33-17-15-29(16-18-33)38(44)45/h3-18,21-24H,19-20,25H2,1-2H3,(H,41,43)(H,44,45). The molecule has 0 spiro atoms. The van der Waals surface area contributed by atoms with Crippen LogP contribution in [0.3, 0.4) is 0 Å². The van der Waals surface area contributed by atoms with Gasteiger partial charge in [0, 0.05) is 10.7 Å². The average Bonchev–Trinajstić information content (AvgIpc) is 3.76. The van der Waals surface area contributed by atoms with Crippen molar-refractivity contribution in [3.05, 3.63) is 144 Å². The lowest BCUT2D eigenvalue weighted by molar-refractivity contribution is 0.0696. The Hall–Kier alpha value is -5.26. The number of hydrogen-bond acceptors (Lipinski definition) is 4.